The monoisotopic (exact) mass is 188 g/mol. The highest BCUT2D eigenvalue weighted by Crippen LogP contribution is 2.29. The van der Waals surface area contributed by atoms with E-state index >= 15 is 0 Å². The zero-order chi connectivity index (χ0) is 8.81. The number of aliphatic hydroxyl groups excluding tert-OH is 1. The maximum absolute atomic E-state index is 9.75. The first-order valence-corrected chi connectivity index (χ1v) is 6.26. The van der Waals surface area contributed by atoms with E-state index in [0.717, 1.165) is 5.75 Å². The van der Waals surface area contributed by atoms with Crippen LogP contribution in [0.1, 0.15) is 39.0 Å². The van der Waals surface area contributed by atoms with Gasteiger partial charge < -0.3 is 5.11 Å². The lowest BCUT2D eigenvalue weighted by molar-refractivity contribution is 0.133. The summed E-state index contributed by atoms with van der Waals surface area (Å²) in [4.78, 5) is 0. The first-order valence-electron chi connectivity index (χ1n) is 5.10. The van der Waals surface area contributed by atoms with Crippen LogP contribution in [0, 0.1) is 5.92 Å². The molecule has 1 aliphatic carbocycles. The predicted octanol–water partition coefficient (Wildman–Crippen LogP) is 2.68. The zero-order valence-corrected chi connectivity index (χ0v) is 8.78. The van der Waals surface area contributed by atoms with Gasteiger partial charge in [0.1, 0.15) is 0 Å². The van der Waals surface area contributed by atoms with Gasteiger partial charge in [0.25, 0.3) is 0 Å². The van der Waals surface area contributed by atoms with Gasteiger partial charge in [0.05, 0.1) is 6.10 Å². The largest absolute Gasteiger partial charge is 0.392 e. The molecule has 0 aromatic rings. The molecule has 12 heavy (non-hydrogen) atoms. The van der Waals surface area contributed by atoms with Gasteiger partial charge in [-0.05, 0) is 30.9 Å². The van der Waals surface area contributed by atoms with E-state index in [9.17, 15) is 5.11 Å². The number of hydrogen-bond donors (Lipinski definition) is 1. The third kappa shape index (κ3) is 3.36. The predicted molar refractivity (Wildman–Crippen MR) is 55.6 cm³/mol. The van der Waals surface area contributed by atoms with Gasteiger partial charge in [-0.1, -0.05) is 19.8 Å². The molecular formula is C10H20OS. The molecule has 0 radical (unpaired) electrons. The summed E-state index contributed by atoms with van der Waals surface area (Å²) in [6.07, 6.45) is 6.38. The molecule has 1 unspecified atom stereocenters. The van der Waals surface area contributed by atoms with Crippen molar-refractivity contribution in [3.63, 3.8) is 0 Å². The fourth-order valence-corrected chi connectivity index (χ4v) is 2.80. The van der Waals surface area contributed by atoms with Gasteiger partial charge >= 0.3 is 0 Å². The molecule has 1 saturated carbocycles. The van der Waals surface area contributed by atoms with Crippen molar-refractivity contribution in [3.05, 3.63) is 0 Å². The van der Waals surface area contributed by atoms with Crippen molar-refractivity contribution in [2.45, 2.75) is 45.1 Å². The first kappa shape index (κ1) is 10.4. The molecule has 1 atom stereocenters. The fourth-order valence-electron chi connectivity index (χ4n) is 1.83. The van der Waals surface area contributed by atoms with Crippen LogP contribution in [0.25, 0.3) is 0 Å². The Kier molecular flexibility index (Phi) is 5.08. The molecule has 1 rings (SSSR count). The molecular weight excluding hydrogens is 168 g/mol. The second-order valence-corrected chi connectivity index (χ2v) is 4.84. The number of hydrogen-bond acceptors (Lipinski definition) is 2. The van der Waals surface area contributed by atoms with Crippen LogP contribution in [0.2, 0.25) is 0 Å². The van der Waals surface area contributed by atoms with Gasteiger partial charge in [-0.2, -0.15) is 11.8 Å². The fraction of sp³-hybridized carbons (Fsp3) is 1.00. The maximum Gasteiger partial charge on any atom is 0.0658 e. The Bertz CT molecular complexity index is 110. The van der Waals surface area contributed by atoms with Crippen LogP contribution in [0.4, 0.5) is 0 Å². The Morgan fingerprint density at radius 1 is 1.42 bits per heavy atom. The molecule has 1 fully saturated rings. The summed E-state index contributed by atoms with van der Waals surface area (Å²) in [6.45, 7) is 2.19. The SMILES string of the molecule is CCCSCC(O)C1CCCC1. The van der Waals surface area contributed by atoms with Crippen LogP contribution < -0.4 is 0 Å². The third-order valence-corrected chi connectivity index (χ3v) is 3.86. The molecule has 0 amide bonds. The molecule has 0 bridgehead atoms. The first-order chi connectivity index (χ1) is 5.84. The number of thioether (sulfide) groups is 1. The molecule has 72 valence electrons. The summed E-state index contributed by atoms with van der Waals surface area (Å²) in [7, 11) is 0. The summed E-state index contributed by atoms with van der Waals surface area (Å²) in [6, 6.07) is 0. The summed E-state index contributed by atoms with van der Waals surface area (Å²) in [5.41, 5.74) is 0. The van der Waals surface area contributed by atoms with Crippen molar-refractivity contribution in [1.82, 2.24) is 0 Å². The molecule has 0 spiro atoms. The quantitative estimate of drug-likeness (QED) is 0.669. The summed E-state index contributed by atoms with van der Waals surface area (Å²) < 4.78 is 0. The van der Waals surface area contributed by atoms with Crippen molar-refractivity contribution in [3.8, 4) is 0 Å². The smallest absolute Gasteiger partial charge is 0.0658 e. The Labute approximate surface area is 79.9 Å². The topological polar surface area (TPSA) is 20.2 Å². The van der Waals surface area contributed by atoms with Crippen LogP contribution in [-0.2, 0) is 0 Å². The van der Waals surface area contributed by atoms with E-state index in [1.807, 2.05) is 11.8 Å². The van der Waals surface area contributed by atoms with Crippen LogP contribution in [0.15, 0.2) is 0 Å². The van der Waals surface area contributed by atoms with Gasteiger partial charge in [-0.25, -0.2) is 0 Å². The molecule has 1 aliphatic rings. The second kappa shape index (κ2) is 5.87. The normalized spacial score (nSPS) is 21.5. The van der Waals surface area contributed by atoms with Gasteiger partial charge in [-0.3, -0.25) is 0 Å². The third-order valence-electron chi connectivity index (χ3n) is 2.58. The van der Waals surface area contributed by atoms with Crippen molar-refractivity contribution < 1.29 is 5.11 Å². The van der Waals surface area contributed by atoms with Crippen LogP contribution in [-0.4, -0.2) is 22.7 Å². The Morgan fingerprint density at radius 2 is 2.08 bits per heavy atom. The van der Waals surface area contributed by atoms with Crippen LogP contribution >= 0.6 is 11.8 Å². The highest BCUT2D eigenvalue weighted by molar-refractivity contribution is 7.99. The Morgan fingerprint density at radius 3 is 2.67 bits per heavy atom. The van der Waals surface area contributed by atoms with Crippen LogP contribution in [0.3, 0.4) is 0 Å². The summed E-state index contributed by atoms with van der Waals surface area (Å²) in [5, 5.41) is 9.75. The molecule has 0 heterocycles. The molecule has 0 aliphatic heterocycles. The lowest BCUT2D eigenvalue weighted by atomic mass is 10.0. The molecule has 1 N–H and O–H groups in total. The van der Waals surface area contributed by atoms with E-state index in [4.69, 9.17) is 0 Å². The van der Waals surface area contributed by atoms with Gasteiger partial charge in [-0.15, -0.1) is 0 Å². The van der Waals surface area contributed by atoms with Crippen LogP contribution in [0.5, 0.6) is 0 Å². The van der Waals surface area contributed by atoms with E-state index in [1.165, 1.54) is 37.9 Å². The maximum atomic E-state index is 9.75. The van der Waals surface area contributed by atoms with E-state index in [2.05, 4.69) is 6.92 Å². The van der Waals surface area contributed by atoms with Crippen molar-refractivity contribution in [1.29, 1.82) is 0 Å². The van der Waals surface area contributed by atoms with Crippen molar-refractivity contribution in [2.75, 3.05) is 11.5 Å². The van der Waals surface area contributed by atoms with E-state index in [0.29, 0.717) is 5.92 Å². The molecule has 0 saturated heterocycles. The van der Waals surface area contributed by atoms with E-state index < -0.39 is 0 Å². The number of aliphatic hydroxyl groups is 1. The Balaban J connectivity index is 2.05. The van der Waals surface area contributed by atoms with E-state index in [-0.39, 0.29) is 6.10 Å². The molecule has 2 heteroatoms. The highest BCUT2D eigenvalue weighted by atomic mass is 32.2. The summed E-state index contributed by atoms with van der Waals surface area (Å²) >= 11 is 1.90. The van der Waals surface area contributed by atoms with Gasteiger partial charge in [0.15, 0.2) is 0 Å². The molecule has 0 aromatic carbocycles. The summed E-state index contributed by atoms with van der Waals surface area (Å²) in [5.74, 6) is 2.77. The highest BCUT2D eigenvalue weighted by Gasteiger charge is 2.22. The van der Waals surface area contributed by atoms with Gasteiger partial charge in [0.2, 0.25) is 0 Å². The lowest BCUT2D eigenvalue weighted by Gasteiger charge is -2.16. The van der Waals surface area contributed by atoms with Crippen molar-refractivity contribution in [2.24, 2.45) is 5.92 Å². The lowest BCUT2D eigenvalue weighted by Crippen LogP contribution is -2.20. The van der Waals surface area contributed by atoms with E-state index in [1.54, 1.807) is 0 Å². The minimum atomic E-state index is -0.0240. The van der Waals surface area contributed by atoms with Crippen molar-refractivity contribution >= 4 is 11.8 Å². The average Bonchev–Trinajstić information content (AvgIpc) is 2.56. The van der Waals surface area contributed by atoms with Gasteiger partial charge in [0, 0.05) is 5.75 Å². The Hall–Kier alpha value is 0.310. The minimum absolute atomic E-state index is 0.0240. The molecule has 1 nitrogen and oxygen atoms in total. The number of rotatable bonds is 5. The zero-order valence-electron chi connectivity index (χ0n) is 7.96. The molecule has 0 aromatic heterocycles. The average molecular weight is 188 g/mol. The minimum Gasteiger partial charge on any atom is -0.392 e. The second-order valence-electron chi connectivity index (χ2n) is 3.69. The standard InChI is InChI=1S/C10H20OS/c1-2-7-12-8-10(11)9-5-3-4-6-9/h9-11H,2-8H2,1H3.